The van der Waals surface area contributed by atoms with E-state index in [0.717, 1.165) is 15.7 Å². The van der Waals surface area contributed by atoms with Crippen LogP contribution in [-0.4, -0.2) is 21.4 Å². The Morgan fingerprint density at radius 1 is 0.931 bits per heavy atom. The van der Waals surface area contributed by atoms with Gasteiger partial charge in [0.05, 0.1) is 12.1 Å². The van der Waals surface area contributed by atoms with Crippen LogP contribution in [0.5, 0.6) is 5.88 Å². The van der Waals surface area contributed by atoms with Crippen molar-refractivity contribution in [1.29, 1.82) is 0 Å². The van der Waals surface area contributed by atoms with Crippen molar-refractivity contribution in [3.05, 3.63) is 98.8 Å². The summed E-state index contributed by atoms with van der Waals surface area (Å²) in [4.78, 5) is 37.8. The van der Waals surface area contributed by atoms with E-state index >= 15 is 0 Å². The number of rotatable bonds is 6. The summed E-state index contributed by atoms with van der Waals surface area (Å²) >= 11 is 0. The molecule has 3 rings (SSSR count). The number of aromatic hydroxyl groups is 1. The molecule has 0 saturated heterocycles. The zero-order valence-electron chi connectivity index (χ0n) is 16.3. The van der Waals surface area contributed by atoms with E-state index in [4.69, 9.17) is 0 Å². The smallest absolute Gasteiger partial charge is 0.264 e. The Hall–Kier alpha value is -3.67. The van der Waals surface area contributed by atoms with E-state index in [2.05, 4.69) is 5.32 Å². The number of carbonyl (C=O) groups is 2. The lowest BCUT2D eigenvalue weighted by Gasteiger charge is -2.17. The molecule has 0 fully saturated rings. The van der Waals surface area contributed by atoms with Gasteiger partial charge < -0.3 is 10.4 Å². The fourth-order valence-electron chi connectivity index (χ4n) is 3.28. The Labute approximate surface area is 168 Å². The van der Waals surface area contributed by atoms with Gasteiger partial charge in [0, 0.05) is 6.54 Å². The molecule has 0 bridgehead atoms. The summed E-state index contributed by atoms with van der Waals surface area (Å²) in [5, 5.41) is 13.5. The molecular formula is C23H22N2O4. The van der Waals surface area contributed by atoms with Gasteiger partial charge in [-0.25, -0.2) is 0 Å². The van der Waals surface area contributed by atoms with Crippen molar-refractivity contribution in [2.24, 2.45) is 0 Å². The maximum absolute atomic E-state index is 12.9. The topological polar surface area (TPSA) is 88.4 Å². The second-order valence-corrected chi connectivity index (χ2v) is 6.80. The summed E-state index contributed by atoms with van der Waals surface area (Å²) < 4.78 is 1.07. The van der Waals surface area contributed by atoms with Gasteiger partial charge in [-0.15, -0.1) is 0 Å². The largest absolute Gasteiger partial charge is 0.494 e. The van der Waals surface area contributed by atoms with E-state index in [1.807, 2.05) is 48.5 Å². The van der Waals surface area contributed by atoms with Crippen LogP contribution in [0.2, 0.25) is 0 Å². The maximum atomic E-state index is 12.9. The molecule has 0 saturated carbocycles. The lowest BCUT2D eigenvalue weighted by molar-refractivity contribution is 0.0945. The third-order valence-corrected chi connectivity index (χ3v) is 4.75. The normalized spacial score (nSPS) is 10.6. The summed E-state index contributed by atoms with van der Waals surface area (Å²) in [6, 6.07) is 18.4. The number of amides is 1. The second kappa shape index (κ2) is 8.56. The second-order valence-electron chi connectivity index (χ2n) is 6.80. The molecule has 0 radical (unpaired) electrons. The Balaban J connectivity index is 2.04. The van der Waals surface area contributed by atoms with E-state index in [1.165, 1.54) is 13.8 Å². The highest BCUT2D eigenvalue weighted by Gasteiger charge is 2.25. The fourth-order valence-corrected chi connectivity index (χ4v) is 3.28. The van der Waals surface area contributed by atoms with Gasteiger partial charge in [-0.2, -0.15) is 0 Å². The highest BCUT2D eigenvalue weighted by Crippen LogP contribution is 2.23. The molecule has 2 N–H and O–H groups in total. The molecule has 0 aliphatic heterocycles. The van der Waals surface area contributed by atoms with E-state index in [0.29, 0.717) is 0 Å². The van der Waals surface area contributed by atoms with E-state index in [9.17, 15) is 19.5 Å². The van der Waals surface area contributed by atoms with Crippen LogP contribution in [0.1, 0.15) is 44.3 Å². The van der Waals surface area contributed by atoms with Crippen LogP contribution >= 0.6 is 0 Å². The number of nitrogens with zero attached hydrogens (tertiary/aromatic N) is 1. The zero-order valence-corrected chi connectivity index (χ0v) is 16.3. The average Bonchev–Trinajstić information content (AvgIpc) is 2.71. The van der Waals surface area contributed by atoms with Crippen molar-refractivity contribution < 1.29 is 14.7 Å². The number of hydrogen-bond donors (Lipinski definition) is 2. The van der Waals surface area contributed by atoms with Gasteiger partial charge in [0.15, 0.2) is 5.78 Å². The first kappa shape index (κ1) is 20.1. The van der Waals surface area contributed by atoms with Crippen LogP contribution in [0.15, 0.2) is 65.5 Å². The Kier molecular flexibility index (Phi) is 5.93. The Morgan fingerprint density at radius 3 is 2.03 bits per heavy atom. The van der Waals surface area contributed by atoms with Crippen molar-refractivity contribution in [3.63, 3.8) is 0 Å². The summed E-state index contributed by atoms with van der Waals surface area (Å²) in [6.07, 6.45) is 0. The molecule has 29 heavy (non-hydrogen) atoms. The van der Waals surface area contributed by atoms with E-state index < -0.39 is 23.1 Å². The number of carbonyl (C=O) groups excluding carboxylic acids is 2. The number of ketones is 1. The molecular weight excluding hydrogens is 368 g/mol. The molecule has 0 spiro atoms. The minimum absolute atomic E-state index is 0.0467. The maximum Gasteiger partial charge on any atom is 0.264 e. The van der Waals surface area contributed by atoms with Crippen LogP contribution in [0, 0.1) is 6.92 Å². The lowest BCUT2D eigenvalue weighted by Crippen LogP contribution is -2.32. The first-order chi connectivity index (χ1) is 13.9. The third kappa shape index (κ3) is 4.27. The predicted molar refractivity (Wildman–Crippen MR) is 110 cm³/mol. The number of aromatic nitrogens is 1. The number of hydrogen-bond acceptors (Lipinski definition) is 4. The molecule has 0 aliphatic carbocycles. The standard InChI is InChI=1S/C23H22N2O4/c1-15-19(16(2)26)22(28)25(14-18-11-7-4-8-12-18)23(29)20(15)21(27)24-13-17-9-5-3-6-10-17/h3-12,29H,13-14H2,1-2H3,(H,24,27). The number of benzene rings is 2. The van der Waals surface area contributed by atoms with Crippen LogP contribution in [0.4, 0.5) is 0 Å². The van der Waals surface area contributed by atoms with Gasteiger partial charge >= 0.3 is 0 Å². The van der Waals surface area contributed by atoms with Crippen LogP contribution in [0.3, 0.4) is 0 Å². The van der Waals surface area contributed by atoms with Gasteiger partial charge in [-0.3, -0.25) is 19.0 Å². The highest BCUT2D eigenvalue weighted by molar-refractivity contribution is 6.03. The van der Waals surface area contributed by atoms with Crippen LogP contribution in [-0.2, 0) is 13.1 Å². The highest BCUT2D eigenvalue weighted by atomic mass is 16.3. The monoisotopic (exact) mass is 390 g/mol. The summed E-state index contributed by atoms with van der Waals surface area (Å²) in [5.74, 6) is -1.45. The third-order valence-electron chi connectivity index (χ3n) is 4.75. The molecule has 0 aliphatic rings. The summed E-state index contributed by atoms with van der Waals surface area (Å²) in [5.41, 5.74) is 1.05. The van der Waals surface area contributed by atoms with Crippen LogP contribution in [0.25, 0.3) is 0 Å². The van der Waals surface area contributed by atoms with Gasteiger partial charge in [0.2, 0.25) is 5.88 Å². The number of pyridine rings is 1. The van der Waals surface area contributed by atoms with E-state index in [1.54, 1.807) is 12.1 Å². The molecule has 1 aromatic heterocycles. The molecule has 6 nitrogen and oxygen atoms in total. The Morgan fingerprint density at radius 2 is 1.48 bits per heavy atom. The molecule has 1 heterocycles. The molecule has 3 aromatic rings. The van der Waals surface area contributed by atoms with Gasteiger partial charge in [0.1, 0.15) is 5.56 Å². The molecule has 6 heteroatoms. The zero-order chi connectivity index (χ0) is 21.0. The first-order valence-electron chi connectivity index (χ1n) is 9.23. The van der Waals surface area contributed by atoms with Crippen molar-refractivity contribution in [3.8, 4) is 5.88 Å². The Bertz CT molecular complexity index is 1100. The van der Waals surface area contributed by atoms with Gasteiger partial charge in [0.25, 0.3) is 11.5 Å². The molecule has 2 aromatic carbocycles. The number of nitrogens with one attached hydrogen (secondary N) is 1. The summed E-state index contributed by atoms with van der Waals surface area (Å²) in [7, 11) is 0. The van der Waals surface area contributed by atoms with Gasteiger partial charge in [-0.05, 0) is 30.5 Å². The van der Waals surface area contributed by atoms with Crippen molar-refractivity contribution in [2.75, 3.05) is 0 Å². The van der Waals surface area contributed by atoms with Crippen molar-refractivity contribution in [2.45, 2.75) is 26.9 Å². The van der Waals surface area contributed by atoms with Crippen LogP contribution < -0.4 is 10.9 Å². The number of Topliss-reactive ketones (excluding diaryl/α,β-unsaturated/α-hetero) is 1. The minimum Gasteiger partial charge on any atom is -0.494 e. The summed E-state index contributed by atoms with van der Waals surface area (Å²) in [6.45, 7) is 3.08. The van der Waals surface area contributed by atoms with Crippen molar-refractivity contribution in [1.82, 2.24) is 9.88 Å². The molecule has 0 unspecified atom stereocenters. The lowest BCUT2D eigenvalue weighted by atomic mass is 10.0. The fraction of sp³-hybridized carbons (Fsp3) is 0.174. The molecule has 148 valence electrons. The predicted octanol–water partition coefficient (Wildman–Crippen LogP) is 3.04. The SMILES string of the molecule is CC(=O)c1c(C)c(C(=O)NCc2ccccc2)c(O)n(Cc2ccccc2)c1=O. The molecule has 0 atom stereocenters. The quantitative estimate of drug-likeness (QED) is 0.633. The minimum atomic E-state index is -0.615. The molecule has 1 amide bonds. The van der Waals surface area contributed by atoms with E-state index in [-0.39, 0.29) is 29.8 Å². The first-order valence-corrected chi connectivity index (χ1v) is 9.23. The van der Waals surface area contributed by atoms with Crippen molar-refractivity contribution >= 4 is 11.7 Å². The van der Waals surface area contributed by atoms with Gasteiger partial charge in [-0.1, -0.05) is 60.7 Å². The average molecular weight is 390 g/mol.